The number of H-pyrrole nitrogens is 2. The van der Waals surface area contributed by atoms with Crippen molar-refractivity contribution in [3.8, 4) is 36.2 Å². The highest BCUT2D eigenvalue weighted by atomic mass is 31.2. The van der Waals surface area contributed by atoms with Gasteiger partial charge in [-0.05, 0) is 58.0 Å². The summed E-state index contributed by atoms with van der Waals surface area (Å²) in [4.78, 5) is 61.7. The molecule has 0 amide bonds. The van der Waals surface area contributed by atoms with Crippen molar-refractivity contribution in [1.82, 2.24) is 29.1 Å². The van der Waals surface area contributed by atoms with E-state index >= 15 is 8.78 Å². The van der Waals surface area contributed by atoms with Crippen LogP contribution in [0.4, 0.5) is 25.1 Å². The number of para-hydroxylation sites is 2. The molecule has 0 bridgehead atoms. The van der Waals surface area contributed by atoms with Crippen LogP contribution in [0, 0.1) is 42.3 Å². The van der Waals surface area contributed by atoms with E-state index in [1.807, 2.05) is 0 Å². The summed E-state index contributed by atoms with van der Waals surface area (Å²) in [7, 11) is -9.27. The molecule has 0 spiro atoms. The standard InChI is InChI=1S/C26H29F2N4O8P.C26H30FN4O8P/c1-5-26(28)20(33)18(39-24(26)32-11-17(27)19-21(32)30-25(29)31-22(19)34)12-37-41(36,40-16-9-7-6-8-10-16)13-15(4)23(35)38-14(2)3;1-5-26(27)20(32)19(38-24(26)31-12-11-18-21(31)29-25(28)30-22(18)33)13-36-40(35,39-17-9-7-6-8-10-17)14-16(4)23(34)37-15(2)3/h1,6-11,14-15,18,20,24,33H,12-13H2,2-4H3,(H3,29,30,31,34);1,6-12,15-16,19-20,24,32H,13-14H2,2-4H3,(H3,28,29,30,33)/t15-,18-,20+,24-,26?,41+;16-,19-,20+,24-,26?,40+/m11/s1/i12D2;13D2. The number of hydrogen-bond acceptors (Lipinski definition) is 20. The summed E-state index contributed by atoms with van der Waals surface area (Å²) < 4.78 is 154. The van der Waals surface area contributed by atoms with E-state index in [-0.39, 0.29) is 28.5 Å². The van der Waals surface area contributed by atoms with Gasteiger partial charge in [-0.25, -0.2) is 22.3 Å². The number of aliphatic hydroxyl groups is 2. The Hall–Kier alpha value is -7.45. The molecule has 0 aliphatic carbocycles. The van der Waals surface area contributed by atoms with Crippen molar-refractivity contribution in [3.63, 3.8) is 0 Å². The van der Waals surface area contributed by atoms with Crippen LogP contribution < -0.4 is 31.6 Å². The molecule has 81 heavy (non-hydrogen) atoms. The van der Waals surface area contributed by atoms with Crippen LogP contribution in [0.1, 0.15) is 59.5 Å². The van der Waals surface area contributed by atoms with Crippen molar-refractivity contribution in [3.05, 3.63) is 106 Å². The molecule has 2 aliphatic rings. The molecule has 2 aromatic carbocycles. The number of benzene rings is 2. The van der Waals surface area contributed by atoms with E-state index in [0.29, 0.717) is 10.8 Å². The van der Waals surface area contributed by atoms with E-state index in [2.05, 4.69) is 19.9 Å². The normalized spacial score (nSPS) is 25.8. The summed E-state index contributed by atoms with van der Waals surface area (Å²) >= 11 is 0. The van der Waals surface area contributed by atoms with E-state index in [4.69, 9.17) is 66.8 Å². The van der Waals surface area contributed by atoms with E-state index in [1.54, 1.807) is 63.8 Å². The van der Waals surface area contributed by atoms with E-state index in [1.165, 1.54) is 62.5 Å². The van der Waals surface area contributed by atoms with Crippen molar-refractivity contribution in [2.75, 3.05) is 36.9 Å². The van der Waals surface area contributed by atoms with Crippen LogP contribution in [-0.4, -0.2) is 125 Å². The maximum atomic E-state index is 16.2. The molecule has 12 atom stereocenters. The van der Waals surface area contributed by atoms with Gasteiger partial charge in [0.2, 0.25) is 23.2 Å². The number of anilines is 2. The van der Waals surface area contributed by atoms with Crippen molar-refractivity contribution < 1.29 is 84.6 Å². The van der Waals surface area contributed by atoms with E-state index in [9.17, 15) is 42.9 Å². The molecular formula is C52H59F3N8O16P2. The van der Waals surface area contributed by atoms with Gasteiger partial charge in [0.05, 0.1) is 60.4 Å². The van der Waals surface area contributed by atoms with Crippen molar-refractivity contribution in [2.45, 2.75) is 102 Å². The third-order valence-electron chi connectivity index (χ3n) is 12.0. The van der Waals surface area contributed by atoms with Gasteiger partial charge in [0.15, 0.2) is 29.6 Å². The lowest BCUT2D eigenvalue weighted by Gasteiger charge is -2.24. The molecule has 2 unspecified atom stereocenters. The Kier molecular flexibility index (Phi) is 16.9. The van der Waals surface area contributed by atoms with Gasteiger partial charge in [-0.3, -0.25) is 42.8 Å². The Bertz CT molecular complexity index is 3760. The number of nitrogens with two attached hydrogens (primary N) is 2. The van der Waals surface area contributed by atoms with Crippen molar-refractivity contribution in [2.24, 2.45) is 11.8 Å². The van der Waals surface area contributed by atoms with Crippen LogP contribution in [0.5, 0.6) is 11.5 Å². The lowest BCUT2D eigenvalue weighted by molar-refractivity contribution is -0.152. The van der Waals surface area contributed by atoms with Crippen LogP contribution >= 0.6 is 15.2 Å². The Morgan fingerprint density at radius 1 is 0.741 bits per heavy atom. The minimum absolute atomic E-state index is 0.00703. The van der Waals surface area contributed by atoms with Crippen LogP contribution in [0.2, 0.25) is 0 Å². The molecule has 434 valence electrons. The van der Waals surface area contributed by atoms with Crippen LogP contribution in [0.25, 0.3) is 22.1 Å². The first-order valence-electron chi connectivity index (χ1n) is 26.5. The van der Waals surface area contributed by atoms with Gasteiger partial charge in [0.1, 0.15) is 41.3 Å². The number of hydrogen-bond donors (Lipinski definition) is 6. The molecule has 2 aliphatic heterocycles. The zero-order valence-corrected chi connectivity index (χ0v) is 45.7. The molecule has 4 aromatic heterocycles. The highest BCUT2D eigenvalue weighted by Crippen LogP contribution is 2.53. The molecule has 8 N–H and O–H groups in total. The van der Waals surface area contributed by atoms with Crippen molar-refractivity contribution in [1.29, 1.82) is 0 Å². The largest absolute Gasteiger partial charge is 0.463 e. The fourth-order valence-electron chi connectivity index (χ4n) is 8.20. The quantitative estimate of drug-likeness (QED) is 0.0303. The first-order valence-corrected chi connectivity index (χ1v) is 28.0. The second-order valence-corrected chi connectivity index (χ2v) is 23.0. The topological polar surface area (TPSA) is 336 Å². The van der Waals surface area contributed by atoms with Gasteiger partial charge >= 0.3 is 27.1 Å². The summed E-state index contributed by atoms with van der Waals surface area (Å²) in [6.45, 7) is 2.69. The Morgan fingerprint density at radius 2 is 1.16 bits per heavy atom. The number of esters is 2. The van der Waals surface area contributed by atoms with Gasteiger partial charge in [0.25, 0.3) is 11.1 Å². The molecule has 2 fully saturated rings. The predicted octanol–water partition coefficient (Wildman–Crippen LogP) is 5.71. The summed E-state index contributed by atoms with van der Waals surface area (Å²) in [5, 5.41) is 21.3. The van der Waals surface area contributed by atoms with E-state index in [0.717, 1.165) is 4.57 Å². The number of fused-ring (bicyclic) bond motifs is 2. The maximum Gasteiger partial charge on any atom is 0.380 e. The number of nitrogens with one attached hydrogen (secondary N) is 2. The number of aliphatic hydroxyl groups excluding tert-OH is 2. The minimum atomic E-state index is -4.67. The molecule has 2 saturated heterocycles. The summed E-state index contributed by atoms with van der Waals surface area (Å²) in [6, 6.07) is 16.4. The number of nitrogens with zero attached hydrogens (tertiary/aromatic N) is 4. The highest BCUT2D eigenvalue weighted by Gasteiger charge is 2.60. The molecule has 0 saturated carbocycles. The Balaban J connectivity index is 0.000000244. The molecule has 29 heteroatoms. The molecular weight excluding hydrogens is 1110 g/mol. The number of aromatic amines is 2. The SMILES string of the molecule is [2H]C([2H])(O[P@@](=O)(C[C@@H](C)C(=O)OC(C)C)Oc1ccccc1)[C@H]1O[C@@H](n2cc(F)c3c(=O)[nH]c(N)nc32)C(F)(C#C)[C@H]1O.[2H]C([2H])(O[P@@](=O)(C[C@@H](C)C(=O)OC(C)C)Oc1ccccc1)[C@H]1O[C@@H](n2ccc3c(=O)[nH]c(N)nc32)C(F)(C#C)[C@H]1O. The molecule has 6 heterocycles. The van der Waals surface area contributed by atoms with E-state index < -0.39 is 159 Å². The number of aromatic nitrogens is 6. The van der Waals surface area contributed by atoms with Gasteiger partial charge < -0.3 is 54.2 Å². The van der Waals surface area contributed by atoms with Crippen LogP contribution in [0.15, 0.2) is 88.7 Å². The fourth-order valence-corrected chi connectivity index (χ4v) is 11.6. The summed E-state index contributed by atoms with van der Waals surface area (Å²) in [5.74, 6) is -2.10. The average Bonchev–Trinajstić information content (AvgIpc) is 1.80. The smallest absolute Gasteiger partial charge is 0.380 e. The second kappa shape index (κ2) is 24.7. The fraction of sp³-hybridized carbons (Fsp3) is 0.423. The number of carbonyl (C=O) groups excluding carboxylic acids is 2. The van der Waals surface area contributed by atoms with Gasteiger partial charge in [-0.1, -0.05) is 62.1 Å². The monoisotopic (exact) mass is 1170 g/mol. The zero-order chi connectivity index (χ0) is 62.9. The third-order valence-corrected chi connectivity index (χ3v) is 15.7. The zero-order valence-electron chi connectivity index (χ0n) is 47.9. The first-order chi connectivity index (χ1) is 39.6. The number of carbonyl (C=O) groups is 2. The number of alkyl halides is 2. The van der Waals surface area contributed by atoms with Gasteiger partial charge in [0, 0.05) is 12.4 Å². The molecule has 0 radical (unpaired) electrons. The number of nitrogen functional groups attached to an aromatic ring is 2. The lowest BCUT2D eigenvalue weighted by atomic mass is 9.97. The highest BCUT2D eigenvalue weighted by molar-refractivity contribution is 7.54. The van der Waals surface area contributed by atoms with Crippen LogP contribution in [-0.2, 0) is 46.7 Å². The predicted molar refractivity (Wildman–Crippen MR) is 286 cm³/mol. The minimum Gasteiger partial charge on any atom is -0.463 e. The Labute approximate surface area is 466 Å². The molecule has 6 aromatic rings. The van der Waals surface area contributed by atoms with Crippen LogP contribution in [0.3, 0.4) is 0 Å². The first kappa shape index (κ1) is 55.5. The Morgan fingerprint density at radius 3 is 1.59 bits per heavy atom. The number of halogens is 3. The number of ether oxygens (including phenoxy) is 4. The molecule has 8 rings (SSSR count). The second-order valence-electron chi connectivity index (χ2n) is 19.1. The van der Waals surface area contributed by atoms with Gasteiger partial charge in [-0.2, -0.15) is 9.97 Å². The maximum absolute atomic E-state index is 16.2. The van der Waals surface area contributed by atoms with Gasteiger partial charge in [-0.15, -0.1) is 12.8 Å². The van der Waals surface area contributed by atoms with Crippen molar-refractivity contribution >= 4 is 61.1 Å². The third kappa shape index (κ3) is 13.5. The number of terminal acetylenes is 2. The summed E-state index contributed by atoms with van der Waals surface area (Å²) in [5.41, 5.74) is 2.57. The molecule has 24 nitrogen and oxygen atoms in total. The summed E-state index contributed by atoms with van der Waals surface area (Å²) in [6.07, 6.45) is -3.05. The lowest BCUT2D eigenvalue weighted by Crippen LogP contribution is -2.42. The average molecular weight is 1180 g/mol. The number of rotatable bonds is 20.